The quantitative estimate of drug-likeness (QED) is 0.432. The van der Waals surface area contributed by atoms with Gasteiger partial charge in [-0.1, -0.05) is 0 Å². The summed E-state index contributed by atoms with van der Waals surface area (Å²) in [6.07, 6.45) is -5.97. The van der Waals surface area contributed by atoms with Crippen molar-refractivity contribution in [3.63, 3.8) is 0 Å². The highest BCUT2D eigenvalue weighted by Gasteiger charge is 2.35. The minimum absolute atomic E-state index is 0.0893. The van der Waals surface area contributed by atoms with Gasteiger partial charge in [0.1, 0.15) is 12.1 Å². The van der Waals surface area contributed by atoms with Gasteiger partial charge in [0, 0.05) is 19.2 Å². The first kappa shape index (κ1) is 26.1. The SMILES string of the molecule is CC(C)(C)OC(=O)N(CCNS(=O)(=O)c1ccc(C(F)(F)F)cc1[N+](=O)[O-])CC(=O)O. The Balaban J connectivity index is 3.05. The van der Waals surface area contributed by atoms with Crippen molar-refractivity contribution in [3.05, 3.63) is 33.9 Å². The topological polar surface area (TPSA) is 156 Å². The highest BCUT2D eigenvalue weighted by molar-refractivity contribution is 7.89. The molecule has 11 nitrogen and oxygen atoms in total. The molecular formula is C16H20F3N3O8S. The van der Waals surface area contributed by atoms with Crippen LogP contribution in [0.4, 0.5) is 23.7 Å². The molecule has 0 radical (unpaired) electrons. The molecule has 1 rings (SSSR count). The number of hydrogen-bond donors (Lipinski definition) is 2. The number of carbonyl (C=O) groups is 2. The van der Waals surface area contributed by atoms with Crippen molar-refractivity contribution < 1.29 is 45.9 Å². The van der Waals surface area contributed by atoms with Crippen LogP contribution in [0.2, 0.25) is 0 Å². The Morgan fingerprint density at radius 2 is 1.84 bits per heavy atom. The maximum atomic E-state index is 12.8. The monoisotopic (exact) mass is 471 g/mol. The Hall–Kier alpha value is -2.94. The molecule has 0 atom stereocenters. The number of carboxylic acids is 1. The van der Waals surface area contributed by atoms with Crippen LogP contribution < -0.4 is 4.72 Å². The number of carbonyl (C=O) groups excluding carboxylic acids is 1. The smallest absolute Gasteiger partial charge is 0.416 e. The number of aliphatic carboxylic acids is 1. The average molecular weight is 471 g/mol. The van der Waals surface area contributed by atoms with Gasteiger partial charge in [0.15, 0.2) is 4.90 Å². The Bertz CT molecular complexity index is 958. The van der Waals surface area contributed by atoms with Gasteiger partial charge in [-0.3, -0.25) is 19.8 Å². The molecule has 0 fully saturated rings. The highest BCUT2D eigenvalue weighted by Crippen LogP contribution is 2.34. The Labute approximate surface area is 175 Å². The number of hydrogen-bond acceptors (Lipinski definition) is 7. The van der Waals surface area contributed by atoms with E-state index in [-0.39, 0.29) is 6.07 Å². The molecule has 1 aromatic rings. The molecule has 0 aliphatic carbocycles. The number of carboxylic acid groups (broad SMARTS) is 1. The number of ether oxygens (including phenoxy) is 1. The van der Waals surface area contributed by atoms with Crippen LogP contribution in [0.15, 0.2) is 23.1 Å². The molecule has 0 saturated carbocycles. The predicted molar refractivity (Wildman–Crippen MR) is 98.7 cm³/mol. The second kappa shape index (κ2) is 9.47. The van der Waals surface area contributed by atoms with Crippen LogP contribution in [0.25, 0.3) is 0 Å². The van der Waals surface area contributed by atoms with Gasteiger partial charge >= 0.3 is 18.2 Å². The summed E-state index contributed by atoms with van der Waals surface area (Å²) in [6.45, 7) is 2.67. The molecule has 15 heteroatoms. The van der Waals surface area contributed by atoms with Gasteiger partial charge in [0.25, 0.3) is 5.69 Å². The van der Waals surface area contributed by atoms with Crippen LogP contribution in [-0.2, 0) is 25.7 Å². The fourth-order valence-electron chi connectivity index (χ4n) is 2.18. The second-order valence-corrected chi connectivity index (χ2v) is 8.87. The first-order valence-electron chi connectivity index (χ1n) is 8.49. The van der Waals surface area contributed by atoms with Crippen molar-refractivity contribution in [1.29, 1.82) is 0 Å². The molecule has 0 aliphatic heterocycles. The molecule has 1 amide bonds. The van der Waals surface area contributed by atoms with E-state index >= 15 is 0 Å². The minimum Gasteiger partial charge on any atom is -0.480 e. The van der Waals surface area contributed by atoms with E-state index in [0.717, 1.165) is 0 Å². The Kier molecular flexibility index (Phi) is 7.97. The predicted octanol–water partition coefficient (Wildman–Crippen LogP) is 2.21. The number of nitrogens with zero attached hydrogens (tertiary/aromatic N) is 2. The minimum atomic E-state index is -4.93. The summed E-state index contributed by atoms with van der Waals surface area (Å²) in [4.78, 5) is 32.5. The van der Waals surface area contributed by atoms with Crippen molar-refractivity contribution in [2.24, 2.45) is 0 Å². The fraction of sp³-hybridized carbons (Fsp3) is 0.500. The molecule has 174 valence electrons. The van der Waals surface area contributed by atoms with Crippen LogP contribution in [0.1, 0.15) is 26.3 Å². The molecule has 0 aliphatic rings. The molecule has 0 unspecified atom stereocenters. The summed E-state index contributed by atoms with van der Waals surface area (Å²) in [5.74, 6) is -1.41. The summed E-state index contributed by atoms with van der Waals surface area (Å²) < 4.78 is 69.9. The van der Waals surface area contributed by atoms with E-state index in [1.807, 2.05) is 4.72 Å². The van der Waals surface area contributed by atoms with Gasteiger partial charge in [-0.25, -0.2) is 17.9 Å². The van der Waals surface area contributed by atoms with Crippen LogP contribution >= 0.6 is 0 Å². The molecule has 0 bridgehead atoms. The van der Waals surface area contributed by atoms with Crippen molar-refractivity contribution in [1.82, 2.24) is 9.62 Å². The molecule has 0 aromatic heterocycles. The highest BCUT2D eigenvalue weighted by atomic mass is 32.2. The number of sulfonamides is 1. The lowest BCUT2D eigenvalue weighted by atomic mass is 10.2. The molecule has 31 heavy (non-hydrogen) atoms. The van der Waals surface area contributed by atoms with Gasteiger partial charge in [-0.2, -0.15) is 13.2 Å². The van der Waals surface area contributed by atoms with Crippen LogP contribution in [0.5, 0.6) is 0 Å². The molecule has 0 spiro atoms. The number of nitro groups is 1. The number of rotatable bonds is 8. The van der Waals surface area contributed by atoms with Gasteiger partial charge < -0.3 is 9.84 Å². The normalized spacial score (nSPS) is 12.3. The zero-order chi connectivity index (χ0) is 24.2. The summed E-state index contributed by atoms with van der Waals surface area (Å²) in [5.41, 5.74) is -3.67. The Morgan fingerprint density at radius 1 is 1.26 bits per heavy atom. The third kappa shape index (κ3) is 8.01. The summed E-state index contributed by atoms with van der Waals surface area (Å²) >= 11 is 0. The van der Waals surface area contributed by atoms with Gasteiger partial charge in [0.2, 0.25) is 10.0 Å². The van der Waals surface area contributed by atoms with E-state index in [4.69, 9.17) is 9.84 Å². The number of nitrogens with one attached hydrogen (secondary N) is 1. The summed E-state index contributed by atoms with van der Waals surface area (Å²) in [5, 5.41) is 20.0. The van der Waals surface area contributed by atoms with Gasteiger partial charge in [-0.15, -0.1) is 0 Å². The maximum absolute atomic E-state index is 12.8. The largest absolute Gasteiger partial charge is 0.480 e. The van der Waals surface area contributed by atoms with E-state index in [0.29, 0.717) is 17.0 Å². The van der Waals surface area contributed by atoms with Crippen molar-refractivity contribution in [2.75, 3.05) is 19.6 Å². The lowest BCUT2D eigenvalue weighted by Crippen LogP contribution is -2.43. The molecule has 1 aromatic carbocycles. The Morgan fingerprint density at radius 3 is 2.29 bits per heavy atom. The van der Waals surface area contributed by atoms with Crippen molar-refractivity contribution in [2.45, 2.75) is 37.4 Å². The van der Waals surface area contributed by atoms with Crippen molar-refractivity contribution in [3.8, 4) is 0 Å². The third-order valence-corrected chi connectivity index (χ3v) is 4.93. The average Bonchev–Trinajstić information content (AvgIpc) is 2.57. The van der Waals surface area contributed by atoms with Gasteiger partial charge in [0.05, 0.1) is 10.5 Å². The van der Waals surface area contributed by atoms with Crippen LogP contribution in [-0.4, -0.2) is 60.6 Å². The molecule has 0 heterocycles. The van der Waals surface area contributed by atoms with Crippen LogP contribution in [0.3, 0.4) is 0 Å². The summed E-state index contributed by atoms with van der Waals surface area (Å²) in [7, 11) is -4.67. The van der Waals surface area contributed by atoms with E-state index in [1.54, 1.807) is 0 Å². The number of benzene rings is 1. The number of halogens is 3. The van der Waals surface area contributed by atoms with E-state index in [9.17, 15) is 41.3 Å². The van der Waals surface area contributed by atoms with E-state index in [2.05, 4.69) is 0 Å². The van der Waals surface area contributed by atoms with Gasteiger partial charge in [-0.05, 0) is 32.9 Å². The molecule has 0 saturated heterocycles. The zero-order valence-electron chi connectivity index (χ0n) is 16.6. The van der Waals surface area contributed by atoms with E-state index in [1.165, 1.54) is 20.8 Å². The first-order valence-corrected chi connectivity index (χ1v) is 9.97. The maximum Gasteiger partial charge on any atom is 0.416 e. The first-order chi connectivity index (χ1) is 13.9. The van der Waals surface area contributed by atoms with E-state index < -0.39 is 74.6 Å². The standard InChI is InChI=1S/C16H20F3N3O8S/c1-15(2,3)30-14(25)21(9-13(23)24)7-6-20-31(28,29)12-5-4-10(16(17,18)19)8-11(12)22(26)27/h4-5,8,20H,6-7,9H2,1-3H3,(H,23,24). The molecule has 2 N–H and O–H groups in total. The molecular weight excluding hydrogens is 451 g/mol. The lowest BCUT2D eigenvalue weighted by Gasteiger charge is -2.26. The van der Waals surface area contributed by atoms with Crippen molar-refractivity contribution >= 4 is 27.8 Å². The van der Waals surface area contributed by atoms with Crippen LogP contribution in [0, 0.1) is 10.1 Å². The zero-order valence-corrected chi connectivity index (χ0v) is 17.4. The second-order valence-electron chi connectivity index (χ2n) is 7.13. The lowest BCUT2D eigenvalue weighted by molar-refractivity contribution is -0.388. The number of alkyl halides is 3. The third-order valence-electron chi connectivity index (χ3n) is 3.42. The fourth-order valence-corrected chi connectivity index (χ4v) is 3.35. The summed E-state index contributed by atoms with van der Waals surface area (Å²) in [6, 6.07) is 0.900. The number of nitro benzene ring substituents is 1. The number of amides is 1.